The lowest BCUT2D eigenvalue weighted by atomic mass is 10.1. The van der Waals surface area contributed by atoms with Gasteiger partial charge in [-0.05, 0) is 18.8 Å². The molecular weight excluding hydrogens is 338 g/mol. The summed E-state index contributed by atoms with van der Waals surface area (Å²) in [4.78, 5) is 41.4. The van der Waals surface area contributed by atoms with Crippen molar-refractivity contribution in [1.29, 1.82) is 0 Å². The Kier molecular flexibility index (Phi) is 5.92. The largest absolute Gasteiger partial charge is 0.354 e. The van der Waals surface area contributed by atoms with Gasteiger partial charge in [0.25, 0.3) is 0 Å². The van der Waals surface area contributed by atoms with Crippen molar-refractivity contribution in [3.05, 3.63) is 0 Å². The number of hydrogen-bond acceptors (Lipinski definition) is 4. The van der Waals surface area contributed by atoms with Crippen LogP contribution in [-0.2, 0) is 14.4 Å². The highest BCUT2D eigenvalue weighted by atomic mass is 32.2. The zero-order valence-corrected chi connectivity index (χ0v) is 16.0. The lowest BCUT2D eigenvalue weighted by Crippen LogP contribution is -2.50. The highest BCUT2D eigenvalue weighted by Gasteiger charge is 2.43. The number of nitrogens with zero attached hydrogens (tertiary/aromatic N) is 2. The molecule has 3 amide bonds. The van der Waals surface area contributed by atoms with E-state index in [-0.39, 0.29) is 23.6 Å². The monoisotopic (exact) mass is 367 g/mol. The minimum atomic E-state index is -0.396. The van der Waals surface area contributed by atoms with Crippen molar-refractivity contribution in [2.45, 2.75) is 58.0 Å². The lowest BCUT2D eigenvalue weighted by molar-refractivity contribution is -0.141. The van der Waals surface area contributed by atoms with Crippen LogP contribution < -0.4 is 5.32 Å². The molecule has 0 spiro atoms. The average molecular weight is 368 g/mol. The van der Waals surface area contributed by atoms with Gasteiger partial charge in [0, 0.05) is 31.3 Å². The fourth-order valence-corrected chi connectivity index (χ4v) is 5.16. The van der Waals surface area contributed by atoms with Gasteiger partial charge in [0.15, 0.2) is 0 Å². The molecule has 1 saturated carbocycles. The molecule has 0 bridgehead atoms. The Bertz CT molecular complexity index is 534. The first-order valence-corrected chi connectivity index (χ1v) is 10.6. The van der Waals surface area contributed by atoms with E-state index < -0.39 is 6.04 Å². The molecule has 1 N–H and O–H groups in total. The molecule has 0 radical (unpaired) electrons. The van der Waals surface area contributed by atoms with Crippen LogP contribution in [0.2, 0.25) is 0 Å². The van der Waals surface area contributed by atoms with Crippen LogP contribution in [-0.4, -0.2) is 64.3 Å². The lowest BCUT2D eigenvalue weighted by Gasteiger charge is -2.27. The number of carbonyl (C=O) groups is 3. The number of amides is 3. The molecule has 3 rings (SSSR count). The Morgan fingerprint density at radius 3 is 2.68 bits per heavy atom. The van der Waals surface area contributed by atoms with Crippen LogP contribution in [0.1, 0.15) is 46.0 Å². The van der Waals surface area contributed by atoms with Crippen LogP contribution >= 0.6 is 11.8 Å². The van der Waals surface area contributed by atoms with Crippen LogP contribution in [0.3, 0.4) is 0 Å². The van der Waals surface area contributed by atoms with Gasteiger partial charge in [-0.1, -0.05) is 26.7 Å². The first-order valence-electron chi connectivity index (χ1n) is 9.42. The Morgan fingerprint density at radius 1 is 1.28 bits per heavy atom. The van der Waals surface area contributed by atoms with Crippen molar-refractivity contribution in [2.24, 2.45) is 11.8 Å². The van der Waals surface area contributed by atoms with E-state index in [1.165, 1.54) is 12.8 Å². The second-order valence-corrected chi connectivity index (χ2v) is 8.85. The first kappa shape index (κ1) is 18.5. The predicted molar refractivity (Wildman–Crippen MR) is 97.9 cm³/mol. The van der Waals surface area contributed by atoms with Gasteiger partial charge in [-0.25, -0.2) is 0 Å². The average Bonchev–Trinajstić information content (AvgIpc) is 3.31. The van der Waals surface area contributed by atoms with E-state index >= 15 is 0 Å². The third-order valence-corrected chi connectivity index (χ3v) is 6.44. The molecule has 2 saturated heterocycles. The Labute approximate surface area is 154 Å². The van der Waals surface area contributed by atoms with E-state index in [0.717, 1.165) is 12.8 Å². The van der Waals surface area contributed by atoms with Gasteiger partial charge in [-0.3, -0.25) is 14.4 Å². The van der Waals surface area contributed by atoms with Gasteiger partial charge in [0.05, 0.1) is 11.8 Å². The second-order valence-electron chi connectivity index (χ2n) is 7.85. The van der Waals surface area contributed by atoms with Crippen molar-refractivity contribution in [3.63, 3.8) is 0 Å². The maximum Gasteiger partial charge on any atom is 0.243 e. The molecule has 3 fully saturated rings. The zero-order chi connectivity index (χ0) is 18.0. The summed E-state index contributed by atoms with van der Waals surface area (Å²) in [6.45, 7) is 5.26. The summed E-state index contributed by atoms with van der Waals surface area (Å²) in [5.41, 5.74) is 0. The van der Waals surface area contributed by atoms with E-state index in [9.17, 15) is 14.4 Å². The smallest absolute Gasteiger partial charge is 0.243 e. The fraction of sp³-hybridized carbons (Fsp3) is 0.833. The minimum absolute atomic E-state index is 0.0245. The molecule has 140 valence electrons. The number of nitrogens with one attached hydrogen (secondary N) is 1. The molecule has 25 heavy (non-hydrogen) atoms. The van der Waals surface area contributed by atoms with Crippen LogP contribution in [0.5, 0.6) is 0 Å². The van der Waals surface area contributed by atoms with Crippen molar-refractivity contribution in [2.75, 3.05) is 24.7 Å². The van der Waals surface area contributed by atoms with Gasteiger partial charge in [0.2, 0.25) is 17.7 Å². The van der Waals surface area contributed by atoms with Crippen molar-refractivity contribution < 1.29 is 14.4 Å². The topological polar surface area (TPSA) is 69.7 Å². The molecule has 3 aliphatic rings. The normalized spacial score (nSPS) is 27.6. The molecule has 0 aromatic carbocycles. The summed E-state index contributed by atoms with van der Waals surface area (Å²) in [6.07, 6.45) is 4.78. The molecule has 2 aliphatic heterocycles. The quantitative estimate of drug-likeness (QED) is 0.799. The van der Waals surface area contributed by atoms with Gasteiger partial charge in [0.1, 0.15) is 6.04 Å². The van der Waals surface area contributed by atoms with Crippen molar-refractivity contribution in [3.8, 4) is 0 Å². The third-order valence-electron chi connectivity index (χ3n) is 5.43. The van der Waals surface area contributed by atoms with Crippen molar-refractivity contribution in [1.82, 2.24) is 15.1 Å². The van der Waals surface area contributed by atoms with Gasteiger partial charge in [-0.2, -0.15) is 0 Å². The summed E-state index contributed by atoms with van der Waals surface area (Å²) in [5, 5.41) is 2.94. The zero-order valence-electron chi connectivity index (χ0n) is 15.2. The molecule has 2 heterocycles. The fourth-order valence-electron chi connectivity index (χ4n) is 4.00. The predicted octanol–water partition coefficient (Wildman–Crippen LogP) is 1.45. The second kappa shape index (κ2) is 7.98. The maximum absolute atomic E-state index is 13.0. The molecule has 0 aromatic rings. The standard InChI is InChI=1S/C18H29N3O3S/c1-12(2)8-19-17(23)15-10-25-11-21(15)18(24)13-7-16(22)20(9-13)14-5-3-4-6-14/h12-15H,3-11H2,1-2H3,(H,19,23)/t13-,15+/m1/s1. The maximum atomic E-state index is 13.0. The van der Waals surface area contributed by atoms with Crippen molar-refractivity contribution >= 4 is 29.5 Å². The molecule has 1 aliphatic carbocycles. The number of rotatable bonds is 5. The SMILES string of the molecule is CC(C)CNC(=O)[C@@H]1CSCN1C(=O)[C@@H]1CC(=O)N(C2CCCC2)C1. The summed E-state index contributed by atoms with van der Waals surface area (Å²) < 4.78 is 0. The van der Waals surface area contributed by atoms with Gasteiger partial charge >= 0.3 is 0 Å². The van der Waals surface area contributed by atoms with E-state index in [0.29, 0.717) is 43.1 Å². The molecular formula is C18H29N3O3S. The van der Waals surface area contributed by atoms with Crippen LogP contribution in [0.15, 0.2) is 0 Å². The summed E-state index contributed by atoms with van der Waals surface area (Å²) in [6, 6.07) is -0.0738. The van der Waals surface area contributed by atoms with Crippen LogP contribution in [0.25, 0.3) is 0 Å². The summed E-state index contributed by atoms with van der Waals surface area (Å²) in [5.74, 6) is 1.31. The molecule has 0 unspecified atom stereocenters. The Morgan fingerprint density at radius 2 is 2.00 bits per heavy atom. The highest BCUT2D eigenvalue weighted by molar-refractivity contribution is 7.99. The summed E-state index contributed by atoms with van der Waals surface area (Å²) in [7, 11) is 0. The summed E-state index contributed by atoms with van der Waals surface area (Å²) >= 11 is 1.61. The number of likely N-dealkylation sites (tertiary alicyclic amines) is 1. The Balaban J connectivity index is 1.60. The third kappa shape index (κ3) is 4.13. The van der Waals surface area contributed by atoms with Gasteiger partial charge in [-0.15, -0.1) is 11.8 Å². The molecule has 7 heteroatoms. The first-order chi connectivity index (χ1) is 12.0. The van der Waals surface area contributed by atoms with E-state index in [2.05, 4.69) is 5.32 Å². The highest BCUT2D eigenvalue weighted by Crippen LogP contribution is 2.32. The Hall–Kier alpha value is -1.24. The van der Waals surface area contributed by atoms with E-state index in [1.54, 1.807) is 16.7 Å². The molecule has 2 atom stereocenters. The number of carbonyl (C=O) groups excluding carboxylic acids is 3. The van der Waals surface area contributed by atoms with E-state index in [4.69, 9.17) is 0 Å². The van der Waals surface area contributed by atoms with Crippen LogP contribution in [0, 0.1) is 11.8 Å². The minimum Gasteiger partial charge on any atom is -0.354 e. The van der Waals surface area contributed by atoms with Crippen LogP contribution in [0.4, 0.5) is 0 Å². The number of hydrogen-bond donors (Lipinski definition) is 1. The van der Waals surface area contributed by atoms with E-state index in [1.807, 2.05) is 18.7 Å². The molecule has 0 aromatic heterocycles. The van der Waals surface area contributed by atoms with Gasteiger partial charge < -0.3 is 15.1 Å². The molecule has 6 nitrogen and oxygen atoms in total. The number of thioether (sulfide) groups is 1.